The molecular weight excluding hydrogens is 268 g/mol. The molecule has 2 aromatic rings. The van der Waals surface area contributed by atoms with Gasteiger partial charge in [0.15, 0.2) is 0 Å². The highest BCUT2D eigenvalue weighted by Gasteiger charge is 2.23. The van der Waals surface area contributed by atoms with Crippen molar-refractivity contribution in [3.63, 3.8) is 0 Å². The molecule has 1 aliphatic rings. The van der Waals surface area contributed by atoms with Crippen LogP contribution in [0, 0.1) is 0 Å². The zero-order valence-corrected chi connectivity index (χ0v) is 10.4. The van der Waals surface area contributed by atoms with E-state index in [9.17, 15) is 5.11 Å². The lowest BCUT2D eigenvalue weighted by molar-refractivity contribution is 0.478. The van der Waals surface area contributed by atoms with E-state index < -0.39 is 0 Å². The molecule has 1 aliphatic carbocycles. The van der Waals surface area contributed by atoms with Crippen LogP contribution in [-0.2, 0) is 0 Å². The molecule has 2 heterocycles. The Balaban J connectivity index is 2.22. The summed E-state index contributed by atoms with van der Waals surface area (Å²) >= 11 is 3.42. The third-order valence-electron chi connectivity index (χ3n) is 3.35. The number of halogens is 1. The van der Waals surface area contributed by atoms with E-state index in [0.717, 1.165) is 15.9 Å². The molecule has 3 nitrogen and oxygen atoms in total. The number of pyridine rings is 1. The Kier molecular flexibility index (Phi) is 2.39. The maximum Gasteiger partial charge on any atom is 0.142 e. The van der Waals surface area contributed by atoms with Crippen LogP contribution in [0.4, 0.5) is 0 Å². The zero-order valence-electron chi connectivity index (χ0n) is 8.86. The molecule has 2 aromatic heterocycles. The van der Waals surface area contributed by atoms with Crippen molar-refractivity contribution in [1.82, 2.24) is 9.38 Å². The number of imidazole rings is 1. The Labute approximate surface area is 102 Å². The van der Waals surface area contributed by atoms with E-state index >= 15 is 0 Å². The lowest BCUT2D eigenvalue weighted by atomic mass is 10.1. The summed E-state index contributed by atoms with van der Waals surface area (Å²) in [6, 6.07) is 3.55. The van der Waals surface area contributed by atoms with E-state index in [1.807, 2.05) is 16.7 Å². The number of rotatable bonds is 1. The van der Waals surface area contributed by atoms with Gasteiger partial charge in [0.2, 0.25) is 0 Å². The molecular formula is C12H13BrN2O. The fourth-order valence-electron chi connectivity index (χ4n) is 2.57. The molecule has 0 amide bonds. The largest absolute Gasteiger partial charge is 0.506 e. The summed E-state index contributed by atoms with van der Waals surface area (Å²) < 4.78 is 2.75. The summed E-state index contributed by atoms with van der Waals surface area (Å²) in [5.41, 5.74) is 0.782. The highest BCUT2D eigenvalue weighted by atomic mass is 79.9. The van der Waals surface area contributed by atoms with Crippen molar-refractivity contribution < 1.29 is 5.11 Å². The van der Waals surface area contributed by atoms with Crippen molar-refractivity contribution in [2.24, 2.45) is 0 Å². The van der Waals surface area contributed by atoms with E-state index in [4.69, 9.17) is 0 Å². The molecule has 0 aliphatic heterocycles. The molecule has 3 rings (SSSR count). The van der Waals surface area contributed by atoms with Crippen LogP contribution in [0.3, 0.4) is 0 Å². The molecule has 1 saturated carbocycles. The second-order valence-corrected chi connectivity index (χ2v) is 5.11. The normalized spacial score (nSPS) is 17.3. The molecule has 0 unspecified atom stereocenters. The zero-order chi connectivity index (χ0) is 11.1. The second kappa shape index (κ2) is 3.77. The first kappa shape index (κ1) is 10.1. The lowest BCUT2D eigenvalue weighted by Gasteiger charge is -2.07. The molecule has 1 N–H and O–H groups in total. The Hall–Kier alpha value is -1.03. The monoisotopic (exact) mass is 280 g/mol. The molecule has 0 bridgehead atoms. The fraction of sp³-hybridized carbons (Fsp3) is 0.417. The Morgan fingerprint density at radius 1 is 1.38 bits per heavy atom. The van der Waals surface area contributed by atoms with Crippen LogP contribution >= 0.6 is 15.9 Å². The standard InChI is InChI=1S/C12H13BrN2O/c13-11-10-9(16)6-3-7-15(10)12(14-11)8-4-1-2-5-8/h3,6-8,16H,1-2,4-5H2. The maximum absolute atomic E-state index is 9.82. The summed E-state index contributed by atoms with van der Waals surface area (Å²) in [4.78, 5) is 4.55. The van der Waals surface area contributed by atoms with Gasteiger partial charge in [-0.3, -0.25) is 4.40 Å². The molecule has 4 heteroatoms. The predicted octanol–water partition coefficient (Wildman–Crippen LogP) is 3.46. The van der Waals surface area contributed by atoms with Crippen molar-refractivity contribution >= 4 is 21.4 Å². The van der Waals surface area contributed by atoms with Crippen molar-refractivity contribution in [2.75, 3.05) is 0 Å². The van der Waals surface area contributed by atoms with Crippen molar-refractivity contribution in [3.05, 3.63) is 28.8 Å². The van der Waals surface area contributed by atoms with Crippen LogP contribution in [0.1, 0.15) is 37.4 Å². The summed E-state index contributed by atoms with van der Waals surface area (Å²) in [6.45, 7) is 0. The molecule has 1 fully saturated rings. The maximum atomic E-state index is 9.82. The summed E-state index contributed by atoms with van der Waals surface area (Å²) in [6.07, 6.45) is 6.97. The van der Waals surface area contributed by atoms with Crippen LogP contribution in [0.5, 0.6) is 5.75 Å². The molecule has 0 spiro atoms. The number of hydrogen-bond acceptors (Lipinski definition) is 2. The number of aromatic nitrogens is 2. The average Bonchev–Trinajstić information content (AvgIpc) is 2.86. The fourth-order valence-corrected chi connectivity index (χ4v) is 3.15. The molecule has 0 radical (unpaired) electrons. The van der Waals surface area contributed by atoms with Crippen molar-refractivity contribution in [2.45, 2.75) is 31.6 Å². The quantitative estimate of drug-likeness (QED) is 0.869. The van der Waals surface area contributed by atoms with Crippen LogP contribution in [-0.4, -0.2) is 14.5 Å². The highest BCUT2D eigenvalue weighted by Crippen LogP contribution is 2.37. The minimum absolute atomic E-state index is 0.283. The third kappa shape index (κ3) is 1.44. The SMILES string of the molecule is Oc1cccn2c(C3CCCC3)nc(Br)c12. The van der Waals surface area contributed by atoms with E-state index in [0.29, 0.717) is 5.92 Å². The summed E-state index contributed by atoms with van der Waals surface area (Å²) in [5, 5.41) is 9.82. The number of fused-ring (bicyclic) bond motifs is 1. The van der Waals surface area contributed by atoms with Gasteiger partial charge in [-0.1, -0.05) is 12.8 Å². The smallest absolute Gasteiger partial charge is 0.142 e. The van der Waals surface area contributed by atoms with Gasteiger partial charge in [0, 0.05) is 12.1 Å². The highest BCUT2D eigenvalue weighted by molar-refractivity contribution is 9.10. The molecule has 0 atom stereocenters. The third-order valence-corrected chi connectivity index (χ3v) is 3.90. The Bertz CT molecular complexity index is 529. The van der Waals surface area contributed by atoms with E-state index in [1.165, 1.54) is 25.7 Å². The average molecular weight is 281 g/mol. The minimum atomic E-state index is 0.283. The van der Waals surface area contributed by atoms with Gasteiger partial charge in [-0.05, 0) is 40.9 Å². The number of aromatic hydroxyl groups is 1. The first-order valence-electron chi connectivity index (χ1n) is 5.63. The summed E-state index contributed by atoms with van der Waals surface area (Å²) in [7, 11) is 0. The van der Waals surface area contributed by atoms with Gasteiger partial charge in [-0.2, -0.15) is 0 Å². The van der Waals surface area contributed by atoms with Gasteiger partial charge in [0.05, 0.1) is 0 Å². The minimum Gasteiger partial charge on any atom is -0.506 e. The van der Waals surface area contributed by atoms with Crippen LogP contribution in [0.25, 0.3) is 5.52 Å². The summed E-state index contributed by atoms with van der Waals surface area (Å²) in [5.74, 6) is 1.90. The van der Waals surface area contributed by atoms with Gasteiger partial charge in [0.1, 0.15) is 21.7 Å². The first-order valence-corrected chi connectivity index (χ1v) is 6.42. The van der Waals surface area contributed by atoms with E-state index in [1.54, 1.807) is 6.07 Å². The Morgan fingerprint density at radius 3 is 2.88 bits per heavy atom. The first-order chi connectivity index (χ1) is 7.77. The van der Waals surface area contributed by atoms with Gasteiger partial charge < -0.3 is 5.11 Å². The number of hydrogen-bond donors (Lipinski definition) is 1. The topological polar surface area (TPSA) is 37.5 Å². The van der Waals surface area contributed by atoms with Crippen molar-refractivity contribution in [1.29, 1.82) is 0 Å². The van der Waals surface area contributed by atoms with E-state index in [-0.39, 0.29) is 5.75 Å². The predicted molar refractivity (Wildman–Crippen MR) is 65.8 cm³/mol. The molecule has 16 heavy (non-hydrogen) atoms. The number of nitrogens with zero attached hydrogens (tertiary/aromatic N) is 2. The molecule has 84 valence electrons. The van der Waals surface area contributed by atoms with Gasteiger partial charge in [-0.15, -0.1) is 0 Å². The lowest BCUT2D eigenvalue weighted by Crippen LogP contribution is -1.99. The van der Waals surface area contributed by atoms with Gasteiger partial charge in [0.25, 0.3) is 0 Å². The van der Waals surface area contributed by atoms with Crippen LogP contribution < -0.4 is 0 Å². The second-order valence-electron chi connectivity index (χ2n) is 4.35. The van der Waals surface area contributed by atoms with Crippen molar-refractivity contribution in [3.8, 4) is 5.75 Å². The molecule has 0 aromatic carbocycles. The van der Waals surface area contributed by atoms with Gasteiger partial charge in [-0.25, -0.2) is 4.98 Å². The van der Waals surface area contributed by atoms with Gasteiger partial charge >= 0.3 is 0 Å². The van der Waals surface area contributed by atoms with Crippen LogP contribution in [0.2, 0.25) is 0 Å². The van der Waals surface area contributed by atoms with E-state index in [2.05, 4.69) is 20.9 Å². The Morgan fingerprint density at radius 2 is 2.12 bits per heavy atom. The van der Waals surface area contributed by atoms with Crippen LogP contribution in [0.15, 0.2) is 22.9 Å². The molecule has 0 saturated heterocycles.